The fraction of sp³-hybridized carbons (Fsp3) is 1.00. The zero-order chi connectivity index (χ0) is 15.1. The first-order valence-corrected chi connectivity index (χ1v) is 10.4. The lowest BCUT2D eigenvalue weighted by Gasteiger charge is -2.51. The molecule has 2 N–H and O–H groups in total. The van der Waals surface area contributed by atoms with E-state index >= 15 is 0 Å². The monoisotopic (exact) mass is 312 g/mol. The Morgan fingerprint density at radius 2 is 1.95 bits per heavy atom. The van der Waals surface area contributed by atoms with Gasteiger partial charge in [-0.2, -0.15) is 11.8 Å². The standard InChI is InChI=1S/C18H36N2S/c1-3-4-5-6-7-8-11-21-15(2)18-14-20-10-9-16(18)12-17(20)13-19/h15-18H,3-14,19H2,1-2H3/t15?,16-,17-,18+/m0/s1. The second kappa shape index (κ2) is 9.42. The van der Waals surface area contributed by atoms with E-state index in [4.69, 9.17) is 5.73 Å². The molecule has 124 valence electrons. The molecule has 2 nitrogen and oxygen atoms in total. The van der Waals surface area contributed by atoms with Crippen molar-refractivity contribution in [1.29, 1.82) is 0 Å². The number of thioether (sulfide) groups is 1. The topological polar surface area (TPSA) is 29.3 Å². The molecule has 3 fully saturated rings. The van der Waals surface area contributed by atoms with Crippen LogP contribution in [0.1, 0.15) is 65.2 Å². The summed E-state index contributed by atoms with van der Waals surface area (Å²) >= 11 is 2.24. The first kappa shape index (κ1) is 17.6. The van der Waals surface area contributed by atoms with Gasteiger partial charge in [-0.3, -0.25) is 4.90 Å². The van der Waals surface area contributed by atoms with Crippen molar-refractivity contribution in [3.63, 3.8) is 0 Å². The summed E-state index contributed by atoms with van der Waals surface area (Å²) in [4.78, 5) is 2.67. The van der Waals surface area contributed by atoms with Gasteiger partial charge in [0.25, 0.3) is 0 Å². The molecule has 2 bridgehead atoms. The van der Waals surface area contributed by atoms with Crippen molar-refractivity contribution in [1.82, 2.24) is 4.90 Å². The molecule has 3 saturated heterocycles. The normalized spacial score (nSPS) is 33.3. The smallest absolute Gasteiger partial charge is 0.0221 e. The van der Waals surface area contributed by atoms with Crippen LogP contribution in [-0.2, 0) is 0 Å². The average molecular weight is 313 g/mol. The van der Waals surface area contributed by atoms with E-state index in [0.717, 1.165) is 23.6 Å². The van der Waals surface area contributed by atoms with Crippen molar-refractivity contribution < 1.29 is 0 Å². The second-order valence-electron chi connectivity index (χ2n) is 7.18. The van der Waals surface area contributed by atoms with Gasteiger partial charge in [0.1, 0.15) is 0 Å². The first-order chi connectivity index (χ1) is 10.3. The van der Waals surface area contributed by atoms with E-state index in [0.29, 0.717) is 6.04 Å². The molecule has 5 atom stereocenters. The van der Waals surface area contributed by atoms with E-state index in [-0.39, 0.29) is 0 Å². The van der Waals surface area contributed by atoms with Crippen molar-refractivity contribution in [3.8, 4) is 0 Å². The Bertz CT molecular complexity index is 284. The van der Waals surface area contributed by atoms with Crippen molar-refractivity contribution in [2.45, 2.75) is 76.5 Å². The van der Waals surface area contributed by atoms with Gasteiger partial charge in [-0.1, -0.05) is 46.0 Å². The maximum absolute atomic E-state index is 5.91. The van der Waals surface area contributed by atoms with Crippen LogP contribution in [0.15, 0.2) is 0 Å². The molecule has 2 unspecified atom stereocenters. The average Bonchev–Trinajstić information content (AvgIpc) is 2.54. The van der Waals surface area contributed by atoms with Crippen LogP contribution < -0.4 is 5.73 Å². The minimum Gasteiger partial charge on any atom is -0.329 e. The molecule has 0 aromatic heterocycles. The van der Waals surface area contributed by atoms with E-state index in [1.54, 1.807) is 0 Å². The predicted octanol–water partition coefficient (Wildman–Crippen LogP) is 4.14. The molecule has 3 heterocycles. The van der Waals surface area contributed by atoms with Crippen LogP contribution in [-0.4, -0.2) is 41.6 Å². The van der Waals surface area contributed by atoms with Gasteiger partial charge in [0.15, 0.2) is 0 Å². The van der Waals surface area contributed by atoms with Crippen LogP contribution >= 0.6 is 11.8 Å². The molecular weight excluding hydrogens is 276 g/mol. The quantitative estimate of drug-likeness (QED) is 0.615. The Labute approximate surface area is 136 Å². The van der Waals surface area contributed by atoms with Gasteiger partial charge in [-0.05, 0) is 43.4 Å². The molecular formula is C18H36N2S. The maximum Gasteiger partial charge on any atom is 0.0221 e. The van der Waals surface area contributed by atoms with Crippen molar-refractivity contribution in [2.75, 3.05) is 25.4 Å². The lowest BCUT2D eigenvalue weighted by Crippen LogP contribution is -2.57. The van der Waals surface area contributed by atoms with Crippen molar-refractivity contribution in [2.24, 2.45) is 17.6 Å². The van der Waals surface area contributed by atoms with Crippen LogP contribution in [0.2, 0.25) is 0 Å². The third-order valence-electron chi connectivity index (χ3n) is 5.68. The van der Waals surface area contributed by atoms with Crippen molar-refractivity contribution >= 4 is 11.8 Å². The Hall–Kier alpha value is 0.270. The summed E-state index contributed by atoms with van der Waals surface area (Å²) in [7, 11) is 0. The Balaban J connectivity index is 1.60. The molecule has 0 aromatic carbocycles. The molecule has 3 aliphatic heterocycles. The van der Waals surface area contributed by atoms with Crippen LogP contribution in [0.5, 0.6) is 0 Å². The van der Waals surface area contributed by atoms with Crippen LogP contribution in [0, 0.1) is 11.8 Å². The molecule has 21 heavy (non-hydrogen) atoms. The van der Waals surface area contributed by atoms with Gasteiger partial charge in [-0.25, -0.2) is 0 Å². The Morgan fingerprint density at radius 1 is 1.19 bits per heavy atom. The van der Waals surface area contributed by atoms with Crippen LogP contribution in [0.25, 0.3) is 0 Å². The van der Waals surface area contributed by atoms with E-state index < -0.39 is 0 Å². The molecule has 0 amide bonds. The number of hydrogen-bond acceptors (Lipinski definition) is 3. The summed E-state index contributed by atoms with van der Waals surface area (Å²) in [5, 5.41) is 0.840. The largest absolute Gasteiger partial charge is 0.329 e. The summed E-state index contributed by atoms with van der Waals surface area (Å²) in [6.45, 7) is 8.25. The minimum atomic E-state index is 0.691. The predicted molar refractivity (Wildman–Crippen MR) is 95.9 cm³/mol. The molecule has 0 spiro atoms. The van der Waals surface area contributed by atoms with E-state index in [1.165, 1.54) is 70.2 Å². The van der Waals surface area contributed by atoms with Gasteiger partial charge in [0.2, 0.25) is 0 Å². The molecule has 0 aromatic rings. The lowest BCUT2D eigenvalue weighted by atomic mass is 9.74. The SMILES string of the molecule is CCCCCCCCSC(C)[C@H]1CN2CC[C@H]1C[C@H]2CN. The third-order valence-corrected chi connectivity index (χ3v) is 7.08. The lowest BCUT2D eigenvalue weighted by molar-refractivity contribution is 0.00597. The minimum absolute atomic E-state index is 0.691. The fourth-order valence-electron chi connectivity index (χ4n) is 4.23. The molecule has 3 heteroatoms. The molecule has 0 radical (unpaired) electrons. The number of hydrogen-bond donors (Lipinski definition) is 1. The Morgan fingerprint density at radius 3 is 2.62 bits per heavy atom. The number of piperidine rings is 3. The van der Waals surface area contributed by atoms with Crippen molar-refractivity contribution in [3.05, 3.63) is 0 Å². The van der Waals surface area contributed by atoms with E-state index in [1.807, 2.05) is 0 Å². The third kappa shape index (κ3) is 5.14. The van der Waals surface area contributed by atoms with Crippen LogP contribution in [0.3, 0.4) is 0 Å². The highest BCUT2D eigenvalue weighted by molar-refractivity contribution is 7.99. The molecule has 0 aliphatic carbocycles. The summed E-state index contributed by atoms with van der Waals surface area (Å²) in [6, 6.07) is 0.691. The highest BCUT2D eigenvalue weighted by Gasteiger charge is 2.41. The summed E-state index contributed by atoms with van der Waals surface area (Å²) in [5.41, 5.74) is 5.91. The summed E-state index contributed by atoms with van der Waals surface area (Å²) in [5.74, 6) is 3.25. The molecule has 0 saturated carbocycles. The zero-order valence-electron chi connectivity index (χ0n) is 14.2. The number of unbranched alkanes of at least 4 members (excludes halogenated alkanes) is 5. The number of rotatable bonds is 10. The summed E-state index contributed by atoms with van der Waals surface area (Å²) in [6.07, 6.45) is 11.3. The number of nitrogens with two attached hydrogens (primary N) is 1. The fourth-order valence-corrected chi connectivity index (χ4v) is 5.53. The van der Waals surface area contributed by atoms with Crippen LogP contribution in [0.4, 0.5) is 0 Å². The first-order valence-electron chi connectivity index (χ1n) is 9.32. The summed E-state index contributed by atoms with van der Waals surface area (Å²) < 4.78 is 0. The zero-order valence-corrected chi connectivity index (χ0v) is 15.0. The second-order valence-corrected chi connectivity index (χ2v) is 8.66. The van der Waals surface area contributed by atoms with Gasteiger partial charge in [0, 0.05) is 24.4 Å². The number of fused-ring (bicyclic) bond motifs is 3. The van der Waals surface area contributed by atoms with Gasteiger partial charge in [0.05, 0.1) is 0 Å². The Kier molecular flexibility index (Phi) is 7.90. The van der Waals surface area contributed by atoms with E-state index in [9.17, 15) is 0 Å². The van der Waals surface area contributed by atoms with Gasteiger partial charge in [-0.15, -0.1) is 0 Å². The number of nitrogens with zero attached hydrogens (tertiary/aromatic N) is 1. The molecule has 3 aliphatic rings. The maximum atomic E-state index is 5.91. The van der Waals surface area contributed by atoms with Gasteiger partial charge < -0.3 is 5.73 Å². The van der Waals surface area contributed by atoms with E-state index in [2.05, 4.69) is 30.5 Å². The van der Waals surface area contributed by atoms with Gasteiger partial charge >= 0.3 is 0 Å². The molecule has 3 rings (SSSR count). The highest BCUT2D eigenvalue weighted by Crippen LogP contribution is 2.40. The highest BCUT2D eigenvalue weighted by atomic mass is 32.2.